The van der Waals surface area contributed by atoms with Gasteiger partial charge in [-0.05, 0) is 62.9 Å². The fourth-order valence-corrected chi connectivity index (χ4v) is 3.96. The molecule has 0 bridgehead atoms. The van der Waals surface area contributed by atoms with Gasteiger partial charge in [0.2, 0.25) is 0 Å². The van der Waals surface area contributed by atoms with Crippen molar-refractivity contribution >= 4 is 48.6 Å². The van der Waals surface area contributed by atoms with Gasteiger partial charge in [-0.2, -0.15) is 0 Å². The van der Waals surface area contributed by atoms with Gasteiger partial charge in [0.15, 0.2) is 5.78 Å². The number of hydrogen-bond donors (Lipinski definition) is 1. The summed E-state index contributed by atoms with van der Waals surface area (Å²) >= 11 is 6.56. The van der Waals surface area contributed by atoms with Crippen LogP contribution >= 0.6 is 31.9 Å². The zero-order chi connectivity index (χ0) is 16.1. The quantitative estimate of drug-likeness (QED) is 0.531. The van der Waals surface area contributed by atoms with E-state index in [9.17, 15) is 9.90 Å². The molecule has 4 rings (SSSR count). The third-order valence-electron chi connectivity index (χ3n) is 4.08. The average Bonchev–Trinajstić information content (AvgIpc) is 3.31. The van der Waals surface area contributed by atoms with Crippen molar-refractivity contribution < 1.29 is 14.3 Å². The summed E-state index contributed by atoms with van der Waals surface area (Å²) in [5, 5.41) is 10.7. The van der Waals surface area contributed by atoms with Crippen molar-refractivity contribution in [3.63, 3.8) is 0 Å². The van der Waals surface area contributed by atoms with Crippen molar-refractivity contribution in [2.75, 3.05) is 0 Å². The number of furan rings is 1. The Kier molecular flexibility index (Phi) is 3.58. The molecule has 3 nitrogen and oxygen atoms in total. The summed E-state index contributed by atoms with van der Waals surface area (Å²) < 4.78 is 6.92. The molecular weight excluding hydrogens is 424 g/mol. The van der Waals surface area contributed by atoms with Crippen LogP contribution in [0.4, 0.5) is 0 Å². The lowest BCUT2D eigenvalue weighted by molar-refractivity contribution is 0.103. The van der Waals surface area contributed by atoms with Crippen molar-refractivity contribution in [3.05, 3.63) is 62.2 Å². The molecule has 1 aliphatic carbocycles. The van der Waals surface area contributed by atoms with Gasteiger partial charge >= 0.3 is 0 Å². The van der Waals surface area contributed by atoms with Crippen LogP contribution in [-0.2, 0) is 0 Å². The second-order valence-electron chi connectivity index (χ2n) is 5.73. The SMILES string of the molecule is O=C(c1cc(Br)c(O)c(Br)c1)c1c(C2CC2)oc2ccccc12. The maximum absolute atomic E-state index is 13.1. The van der Waals surface area contributed by atoms with Crippen molar-refractivity contribution in [1.82, 2.24) is 0 Å². The molecule has 3 aromatic rings. The summed E-state index contributed by atoms with van der Waals surface area (Å²) in [6.45, 7) is 0. The van der Waals surface area contributed by atoms with E-state index in [2.05, 4.69) is 31.9 Å². The van der Waals surface area contributed by atoms with Crippen LogP contribution in [0.25, 0.3) is 11.0 Å². The highest BCUT2D eigenvalue weighted by molar-refractivity contribution is 9.11. The molecule has 0 radical (unpaired) electrons. The van der Waals surface area contributed by atoms with Crippen LogP contribution < -0.4 is 0 Å². The molecule has 0 atom stereocenters. The van der Waals surface area contributed by atoms with Gasteiger partial charge in [0.25, 0.3) is 0 Å². The minimum Gasteiger partial charge on any atom is -0.506 e. The highest BCUT2D eigenvalue weighted by atomic mass is 79.9. The Hall–Kier alpha value is -1.59. The molecule has 1 aliphatic rings. The van der Waals surface area contributed by atoms with E-state index in [1.165, 1.54) is 0 Å². The molecule has 2 aromatic carbocycles. The summed E-state index contributed by atoms with van der Waals surface area (Å²) in [5.74, 6) is 1.13. The van der Waals surface area contributed by atoms with Gasteiger partial charge in [-0.15, -0.1) is 0 Å². The number of benzene rings is 2. The Balaban J connectivity index is 1.91. The number of carbonyl (C=O) groups excluding carboxylic acids is 1. The first-order valence-corrected chi connectivity index (χ1v) is 8.89. The number of phenols is 1. The average molecular weight is 436 g/mol. The Bertz CT molecular complexity index is 916. The van der Waals surface area contributed by atoms with Crippen LogP contribution in [0.1, 0.15) is 40.4 Å². The van der Waals surface area contributed by atoms with Crippen molar-refractivity contribution in [2.45, 2.75) is 18.8 Å². The number of carbonyl (C=O) groups is 1. The van der Waals surface area contributed by atoms with E-state index in [1.54, 1.807) is 12.1 Å². The standard InChI is InChI=1S/C18H12Br2O3/c19-12-7-10(8-13(20)17(12)22)16(21)15-11-3-1-2-4-14(11)23-18(15)9-5-6-9/h1-4,7-9,22H,5-6H2. The topological polar surface area (TPSA) is 50.4 Å². The van der Waals surface area contributed by atoms with Gasteiger partial charge in [-0.3, -0.25) is 4.79 Å². The molecule has 0 spiro atoms. The van der Waals surface area contributed by atoms with Gasteiger partial charge in [-0.1, -0.05) is 18.2 Å². The Morgan fingerprint density at radius 1 is 1.13 bits per heavy atom. The summed E-state index contributed by atoms with van der Waals surface area (Å²) in [7, 11) is 0. The summed E-state index contributed by atoms with van der Waals surface area (Å²) in [6.07, 6.45) is 2.12. The minimum absolute atomic E-state index is 0.0843. The number of phenolic OH excluding ortho intramolecular Hbond substituents is 1. The Labute approximate surface area is 149 Å². The lowest BCUT2D eigenvalue weighted by Gasteiger charge is -2.06. The van der Waals surface area contributed by atoms with E-state index in [4.69, 9.17) is 4.42 Å². The van der Waals surface area contributed by atoms with E-state index >= 15 is 0 Å². The maximum Gasteiger partial charge on any atom is 0.197 e. The van der Waals surface area contributed by atoms with Crippen LogP contribution in [0, 0.1) is 0 Å². The highest BCUT2D eigenvalue weighted by Crippen LogP contribution is 2.45. The first-order chi connectivity index (χ1) is 11.1. The predicted octanol–water partition coefficient (Wildman–Crippen LogP) is 5.77. The van der Waals surface area contributed by atoms with E-state index < -0.39 is 0 Å². The second kappa shape index (κ2) is 5.49. The van der Waals surface area contributed by atoms with Crippen molar-refractivity contribution in [2.24, 2.45) is 0 Å². The van der Waals surface area contributed by atoms with E-state index in [0.29, 0.717) is 26.0 Å². The molecule has 0 saturated heterocycles. The molecule has 5 heteroatoms. The molecule has 1 fully saturated rings. The number of para-hydroxylation sites is 1. The van der Waals surface area contributed by atoms with Gasteiger partial charge < -0.3 is 9.52 Å². The number of ketones is 1. The largest absolute Gasteiger partial charge is 0.506 e. The van der Waals surface area contributed by atoms with Gasteiger partial charge in [-0.25, -0.2) is 0 Å². The van der Waals surface area contributed by atoms with Gasteiger partial charge in [0.1, 0.15) is 17.1 Å². The molecule has 1 heterocycles. The van der Waals surface area contributed by atoms with Crippen LogP contribution in [0.15, 0.2) is 49.8 Å². The monoisotopic (exact) mass is 434 g/mol. The molecule has 0 aliphatic heterocycles. The minimum atomic E-state index is -0.0850. The first kappa shape index (κ1) is 15.0. The molecule has 1 aromatic heterocycles. The Morgan fingerprint density at radius 3 is 2.43 bits per heavy atom. The number of hydrogen-bond acceptors (Lipinski definition) is 3. The second-order valence-corrected chi connectivity index (χ2v) is 7.44. The molecular formula is C18H12Br2O3. The molecule has 1 saturated carbocycles. The van der Waals surface area contributed by atoms with Crippen molar-refractivity contribution in [1.29, 1.82) is 0 Å². The zero-order valence-corrected chi connectivity index (χ0v) is 15.1. The fourth-order valence-electron chi connectivity index (χ4n) is 2.77. The van der Waals surface area contributed by atoms with E-state index in [1.807, 2.05) is 24.3 Å². The normalized spacial score (nSPS) is 14.3. The molecule has 23 heavy (non-hydrogen) atoms. The van der Waals surface area contributed by atoms with Gasteiger partial charge in [0, 0.05) is 16.9 Å². The van der Waals surface area contributed by atoms with Crippen LogP contribution in [0.5, 0.6) is 5.75 Å². The number of fused-ring (bicyclic) bond motifs is 1. The first-order valence-electron chi connectivity index (χ1n) is 7.30. The summed E-state index contributed by atoms with van der Waals surface area (Å²) in [6, 6.07) is 10.9. The van der Waals surface area contributed by atoms with Crippen molar-refractivity contribution in [3.8, 4) is 5.75 Å². The third kappa shape index (κ3) is 2.52. The Morgan fingerprint density at radius 2 is 1.78 bits per heavy atom. The predicted molar refractivity (Wildman–Crippen MR) is 95.1 cm³/mol. The molecule has 0 unspecified atom stereocenters. The molecule has 116 valence electrons. The maximum atomic E-state index is 13.1. The zero-order valence-electron chi connectivity index (χ0n) is 12.0. The fraction of sp³-hybridized carbons (Fsp3) is 0.167. The lowest BCUT2D eigenvalue weighted by atomic mass is 9.98. The number of halogens is 2. The van der Waals surface area contributed by atoms with Gasteiger partial charge in [0.05, 0.1) is 14.5 Å². The van der Waals surface area contributed by atoms with E-state index in [0.717, 1.165) is 29.6 Å². The number of rotatable bonds is 3. The molecule has 1 N–H and O–H groups in total. The smallest absolute Gasteiger partial charge is 0.197 e. The summed E-state index contributed by atoms with van der Waals surface area (Å²) in [4.78, 5) is 13.1. The van der Waals surface area contributed by atoms with Crippen LogP contribution in [0.2, 0.25) is 0 Å². The highest BCUT2D eigenvalue weighted by Gasteiger charge is 2.34. The third-order valence-corrected chi connectivity index (χ3v) is 5.29. The van der Waals surface area contributed by atoms with Crippen LogP contribution in [0.3, 0.4) is 0 Å². The van der Waals surface area contributed by atoms with Crippen LogP contribution in [-0.4, -0.2) is 10.9 Å². The number of aromatic hydroxyl groups is 1. The molecule has 0 amide bonds. The summed E-state index contributed by atoms with van der Waals surface area (Å²) in [5.41, 5.74) is 1.90. The lowest BCUT2D eigenvalue weighted by Crippen LogP contribution is -2.03. The van der Waals surface area contributed by atoms with E-state index in [-0.39, 0.29) is 11.5 Å².